The summed E-state index contributed by atoms with van der Waals surface area (Å²) >= 11 is 6.01. The van der Waals surface area contributed by atoms with Crippen LogP contribution >= 0.6 is 11.6 Å². The molecule has 2 rings (SSSR count). The van der Waals surface area contributed by atoms with Crippen LogP contribution in [0.1, 0.15) is 30.9 Å². The molecule has 1 aliphatic heterocycles. The minimum Gasteiger partial charge on any atom is -0.308 e. The molecule has 2 heteroatoms. The van der Waals surface area contributed by atoms with E-state index in [4.69, 9.17) is 11.6 Å². The van der Waals surface area contributed by atoms with Crippen LogP contribution < -0.4 is 5.32 Å². The molecule has 1 aliphatic rings. The van der Waals surface area contributed by atoms with Crippen LogP contribution in [-0.2, 0) is 5.54 Å². The molecule has 1 atom stereocenters. The number of aryl methyl sites for hydroxylation is 1. The van der Waals surface area contributed by atoms with Gasteiger partial charge in [-0.1, -0.05) is 23.7 Å². The van der Waals surface area contributed by atoms with E-state index in [0.717, 1.165) is 11.6 Å². The first-order valence-corrected chi connectivity index (χ1v) is 5.51. The Balaban J connectivity index is 2.36. The van der Waals surface area contributed by atoms with Crippen molar-refractivity contribution >= 4 is 11.6 Å². The Hall–Kier alpha value is -0.530. The van der Waals surface area contributed by atoms with Crippen LogP contribution in [0.5, 0.6) is 0 Å². The summed E-state index contributed by atoms with van der Waals surface area (Å²) in [5.74, 6) is 0. The second-order valence-corrected chi connectivity index (χ2v) is 4.73. The van der Waals surface area contributed by atoms with Gasteiger partial charge < -0.3 is 5.32 Å². The predicted molar refractivity (Wildman–Crippen MR) is 60.8 cm³/mol. The Bertz CT molecular complexity index is 340. The van der Waals surface area contributed by atoms with Gasteiger partial charge in [0.1, 0.15) is 0 Å². The first-order chi connectivity index (χ1) is 6.62. The molecule has 0 spiro atoms. The van der Waals surface area contributed by atoms with Gasteiger partial charge in [0.05, 0.1) is 0 Å². The molecule has 1 heterocycles. The quantitative estimate of drug-likeness (QED) is 0.749. The van der Waals surface area contributed by atoms with Crippen molar-refractivity contribution in [1.29, 1.82) is 0 Å². The van der Waals surface area contributed by atoms with Crippen molar-refractivity contribution in [3.05, 3.63) is 34.3 Å². The summed E-state index contributed by atoms with van der Waals surface area (Å²) in [5, 5.41) is 4.41. The van der Waals surface area contributed by atoms with E-state index in [2.05, 4.69) is 31.3 Å². The van der Waals surface area contributed by atoms with Gasteiger partial charge >= 0.3 is 0 Å². The third-order valence-corrected chi connectivity index (χ3v) is 3.59. The van der Waals surface area contributed by atoms with Crippen LogP contribution in [0.2, 0.25) is 5.02 Å². The number of halogens is 1. The lowest BCUT2D eigenvalue weighted by Crippen LogP contribution is -2.33. The van der Waals surface area contributed by atoms with Crippen molar-refractivity contribution in [1.82, 2.24) is 5.32 Å². The van der Waals surface area contributed by atoms with Gasteiger partial charge in [-0.05, 0) is 50.4 Å². The summed E-state index contributed by atoms with van der Waals surface area (Å²) < 4.78 is 0. The maximum absolute atomic E-state index is 6.01. The third-order valence-electron chi connectivity index (χ3n) is 3.16. The van der Waals surface area contributed by atoms with Gasteiger partial charge in [0.15, 0.2) is 0 Å². The summed E-state index contributed by atoms with van der Waals surface area (Å²) in [6.07, 6.45) is 2.48. The Morgan fingerprint density at radius 3 is 2.79 bits per heavy atom. The number of rotatable bonds is 1. The first-order valence-electron chi connectivity index (χ1n) is 5.13. The van der Waals surface area contributed by atoms with Crippen molar-refractivity contribution in [2.24, 2.45) is 0 Å². The van der Waals surface area contributed by atoms with Gasteiger partial charge in [-0.3, -0.25) is 0 Å². The van der Waals surface area contributed by atoms with Crippen LogP contribution in [0.4, 0.5) is 0 Å². The van der Waals surface area contributed by atoms with E-state index in [1.165, 1.54) is 24.0 Å². The minimum absolute atomic E-state index is 0.162. The Morgan fingerprint density at radius 2 is 2.21 bits per heavy atom. The molecule has 1 nitrogen and oxygen atoms in total. The van der Waals surface area contributed by atoms with E-state index in [-0.39, 0.29) is 5.54 Å². The standard InChI is InChI=1S/C12H16ClN/c1-9-8-10(4-5-11(9)13)12(2)6-3-7-14-12/h4-5,8,14H,3,6-7H2,1-2H3. The van der Waals surface area contributed by atoms with Crippen LogP contribution in [0.15, 0.2) is 18.2 Å². The SMILES string of the molecule is Cc1cc(C2(C)CCCN2)ccc1Cl. The summed E-state index contributed by atoms with van der Waals surface area (Å²) in [6.45, 7) is 5.45. The third kappa shape index (κ3) is 1.67. The molecule has 0 radical (unpaired) electrons. The molecule has 1 unspecified atom stereocenters. The zero-order valence-corrected chi connectivity index (χ0v) is 9.49. The monoisotopic (exact) mass is 209 g/mol. The number of hydrogen-bond donors (Lipinski definition) is 1. The molecule has 0 aliphatic carbocycles. The fourth-order valence-corrected chi connectivity index (χ4v) is 2.25. The molecular formula is C12H16ClN. The van der Waals surface area contributed by atoms with E-state index in [0.29, 0.717) is 0 Å². The van der Waals surface area contributed by atoms with Gasteiger partial charge in [-0.25, -0.2) is 0 Å². The van der Waals surface area contributed by atoms with E-state index < -0.39 is 0 Å². The Kier molecular flexibility index (Phi) is 2.54. The van der Waals surface area contributed by atoms with Crippen LogP contribution in [0.25, 0.3) is 0 Å². The van der Waals surface area contributed by atoms with Gasteiger partial charge in [-0.15, -0.1) is 0 Å². The van der Waals surface area contributed by atoms with Gasteiger partial charge in [-0.2, -0.15) is 0 Å². The lowest BCUT2D eigenvalue weighted by Gasteiger charge is -2.25. The van der Waals surface area contributed by atoms with Gasteiger partial charge in [0.2, 0.25) is 0 Å². The van der Waals surface area contributed by atoms with Crippen molar-refractivity contribution in [2.45, 2.75) is 32.2 Å². The Morgan fingerprint density at radius 1 is 1.43 bits per heavy atom. The molecule has 0 bridgehead atoms. The maximum Gasteiger partial charge on any atom is 0.0435 e. The predicted octanol–water partition coefficient (Wildman–Crippen LogP) is 3.25. The maximum atomic E-state index is 6.01. The smallest absolute Gasteiger partial charge is 0.0435 e. The molecule has 1 aromatic rings. The highest BCUT2D eigenvalue weighted by atomic mass is 35.5. The topological polar surface area (TPSA) is 12.0 Å². The van der Waals surface area contributed by atoms with Crippen molar-refractivity contribution in [3.8, 4) is 0 Å². The largest absolute Gasteiger partial charge is 0.308 e. The van der Waals surface area contributed by atoms with Crippen molar-refractivity contribution in [2.75, 3.05) is 6.54 Å². The van der Waals surface area contributed by atoms with Crippen LogP contribution in [0, 0.1) is 6.92 Å². The fourth-order valence-electron chi connectivity index (χ4n) is 2.13. The van der Waals surface area contributed by atoms with E-state index >= 15 is 0 Å². The second kappa shape index (κ2) is 3.56. The molecule has 0 saturated carbocycles. The average Bonchev–Trinajstić information content (AvgIpc) is 2.58. The number of nitrogens with one attached hydrogen (secondary N) is 1. The van der Waals surface area contributed by atoms with Crippen LogP contribution in [0.3, 0.4) is 0 Å². The molecular weight excluding hydrogens is 194 g/mol. The lowest BCUT2D eigenvalue weighted by molar-refractivity contribution is 0.434. The number of hydrogen-bond acceptors (Lipinski definition) is 1. The van der Waals surface area contributed by atoms with E-state index in [9.17, 15) is 0 Å². The summed E-state index contributed by atoms with van der Waals surface area (Å²) in [4.78, 5) is 0. The van der Waals surface area contributed by atoms with Crippen molar-refractivity contribution < 1.29 is 0 Å². The fraction of sp³-hybridized carbons (Fsp3) is 0.500. The van der Waals surface area contributed by atoms with E-state index in [1.807, 2.05) is 6.07 Å². The lowest BCUT2D eigenvalue weighted by atomic mass is 9.90. The minimum atomic E-state index is 0.162. The van der Waals surface area contributed by atoms with Crippen LogP contribution in [-0.4, -0.2) is 6.54 Å². The van der Waals surface area contributed by atoms with E-state index in [1.54, 1.807) is 0 Å². The molecule has 14 heavy (non-hydrogen) atoms. The molecule has 1 aromatic carbocycles. The average molecular weight is 210 g/mol. The summed E-state index contributed by atoms with van der Waals surface area (Å²) in [6, 6.07) is 6.33. The normalized spacial score (nSPS) is 26.8. The zero-order chi connectivity index (χ0) is 10.2. The molecule has 1 N–H and O–H groups in total. The second-order valence-electron chi connectivity index (χ2n) is 4.33. The molecule has 1 fully saturated rings. The zero-order valence-electron chi connectivity index (χ0n) is 8.73. The highest BCUT2D eigenvalue weighted by Crippen LogP contribution is 2.31. The molecule has 0 amide bonds. The van der Waals surface area contributed by atoms with Crippen molar-refractivity contribution in [3.63, 3.8) is 0 Å². The molecule has 1 saturated heterocycles. The van der Waals surface area contributed by atoms with Gasteiger partial charge in [0, 0.05) is 10.6 Å². The highest BCUT2D eigenvalue weighted by molar-refractivity contribution is 6.31. The molecule has 0 aromatic heterocycles. The summed E-state index contributed by atoms with van der Waals surface area (Å²) in [7, 11) is 0. The first kappa shape index (κ1) is 10.0. The number of benzene rings is 1. The Labute approximate surface area is 90.5 Å². The molecule has 76 valence electrons. The summed E-state index contributed by atoms with van der Waals surface area (Å²) in [5.41, 5.74) is 2.69. The van der Waals surface area contributed by atoms with Gasteiger partial charge in [0.25, 0.3) is 0 Å². The highest BCUT2D eigenvalue weighted by Gasteiger charge is 2.29.